The van der Waals surface area contributed by atoms with Crippen molar-refractivity contribution in [3.05, 3.63) is 82.6 Å². The molecule has 3 rings (SSSR count). The number of benzene rings is 3. The van der Waals surface area contributed by atoms with E-state index in [0.29, 0.717) is 11.3 Å². The van der Waals surface area contributed by atoms with Crippen LogP contribution in [0.4, 0.5) is 21.5 Å². The third kappa shape index (κ3) is 5.63. The molecular formula is C22H19ClFN3O4S. The van der Waals surface area contributed by atoms with Crippen molar-refractivity contribution in [3.63, 3.8) is 0 Å². The predicted molar refractivity (Wildman–Crippen MR) is 122 cm³/mol. The first-order valence-electron chi connectivity index (χ1n) is 9.33. The van der Waals surface area contributed by atoms with E-state index in [1.165, 1.54) is 62.4 Å². The molecule has 10 heteroatoms. The maximum absolute atomic E-state index is 13.8. The highest BCUT2D eigenvalue weighted by molar-refractivity contribution is 7.92. The van der Waals surface area contributed by atoms with Crippen LogP contribution in [0.25, 0.3) is 0 Å². The molecule has 0 spiro atoms. The first-order valence-corrected chi connectivity index (χ1v) is 11.2. The van der Waals surface area contributed by atoms with Gasteiger partial charge in [-0.15, -0.1) is 0 Å². The number of rotatable bonds is 6. The Balaban J connectivity index is 1.81. The van der Waals surface area contributed by atoms with Gasteiger partial charge in [0.05, 0.1) is 15.6 Å². The number of carbonyl (C=O) groups is 2. The molecule has 0 unspecified atom stereocenters. The Morgan fingerprint density at radius 2 is 1.69 bits per heavy atom. The lowest BCUT2D eigenvalue weighted by Gasteiger charge is -2.12. The van der Waals surface area contributed by atoms with Crippen LogP contribution in [0.1, 0.15) is 22.8 Å². The Morgan fingerprint density at radius 3 is 2.38 bits per heavy atom. The fourth-order valence-corrected chi connectivity index (χ4v) is 4.00. The number of halogens is 2. The second kappa shape index (κ2) is 9.37. The average Bonchev–Trinajstić information content (AvgIpc) is 2.72. The van der Waals surface area contributed by atoms with Gasteiger partial charge in [-0.25, -0.2) is 12.8 Å². The third-order valence-corrected chi connectivity index (χ3v) is 6.07. The Morgan fingerprint density at radius 1 is 0.938 bits per heavy atom. The molecule has 0 bridgehead atoms. The van der Waals surface area contributed by atoms with E-state index >= 15 is 0 Å². The number of nitrogens with one attached hydrogen (secondary N) is 3. The minimum atomic E-state index is -4.06. The molecular weight excluding hydrogens is 457 g/mol. The highest BCUT2D eigenvalue weighted by Crippen LogP contribution is 2.27. The van der Waals surface area contributed by atoms with Gasteiger partial charge in [-0.1, -0.05) is 23.7 Å². The second-order valence-corrected chi connectivity index (χ2v) is 9.02. The zero-order valence-corrected chi connectivity index (χ0v) is 18.6. The summed E-state index contributed by atoms with van der Waals surface area (Å²) < 4.78 is 41.3. The molecule has 0 fully saturated rings. The lowest BCUT2D eigenvalue weighted by molar-refractivity contribution is -0.114. The molecule has 0 aliphatic heterocycles. The SMILES string of the molecule is CC(=O)Nc1ccc(Cl)c(NC(=O)c2cccc(NS(=O)(=O)c3ccc(C)c(F)c3)c2)c1. The van der Waals surface area contributed by atoms with Gasteiger partial charge in [0.15, 0.2) is 0 Å². The summed E-state index contributed by atoms with van der Waals surface area (Å²) in [6, 6.07) is 14.0. The molecule has 0 radical (unpaired) electrons. The summed E-state index contributed by atoms with van der Waals surface area (Å²) in [5.74, 6) is -1.47. The number of carbonyl (C=O) groups excluding carboxylic acids is 2. The van der Waals surface area contributed by atoms with Crippen LogP contribution in [0.15, 0.2) is 65.6 Å². The summed E-state index contributed by atoms with van der Waals surface area (Å²) in [7, 11) is -4.06. The van der Waals surface area contributed by atoms with E-state index in [1.807, 2.05) is 0 Å². The molecule has 0 heterocycles. The van der Waals surface area contributed by atoms with Gasteiger partial charge >= 0.3 is 0 Å². The molecule has 3 N–H and O–H groups in total. The van der Waals surface area contributed by atoms with Gasteiger partial charge < -0.3 is 10.6 Å². The number of amides is 2. The van der Waals surface area contributed by atoms with Gasteiger partial charge in [0.25, 0.3) is 15.9 Å². The molecule has 7 nitrogen and oxygen atoms in total. The molecule has 0 aromatic heterocycles. The van der Waals surface area contributed by atoms with Crippen LogP contribution in [0, 0.1) is 12.7 Å². The second-order valence-electron chi connectivity index (χ2n) is 6.93. The lowest BCUT2D eigenvalue weighted by atomic mass is 10.2. The molecule has 0 atom stereocenters. The quantitative estimate of drug-likeness (QED) is 0.476. The topological polar surface area (TPSA) is 104 Å². The lowest BCUT2D eigenvalue weighted by Crippen LogP contribution is -2.16. The maximum Gasteiger partial charge on any atom is 0.261 e. The van der Waals surface area contributed by atoms with Crippen molar-refractivity contribution in [2.75, 3.05) is 15.4 Å². The molecule has 0 saturated carbocycles. The predicted octanol–water partition coefficient (Wildman–Crippen LogP) is 4.80. The van der Waals surface area contributed by atoms with Crippen molar-refractivity contribution in [3.8, 4) is 0 Å². The summed E-state index contributed by atoms with van der Waals surface area (Å²) in [4.78, 5) is 23.7. The first-order chi connectivity index (χ1) is 15.0. The standard InChI is InChI=1S/C22H19ClFN3O4S/c1-13-6-8-18(12-20(13)24)32(30,31)27-17-5-3-4-15(10-17)22(29)26-21-11-16(25-14(2)28)7-9-19(21)23/h3-12,27H,1-2H3,(H,25,28)(H,26,29). The molecule has 0 aliphatic rings. The van der Waals surface area contributed by atoms with Crippen molar-refractivity contribution in [1.29, 1.82) is 0 Å². The number of anilines is 3. The monoisotopic (exact) mass is 475 g/mol. The zero-order chi connectivity index (χ0) is 23.5. The summed E-state index contributed by atoms with van der Waals surface area (Å²) in [5, 5.41) is 5.47. The highest BCUT2D eigenvalue weighted by Gasteiger charge is 2.17. The van der Waals surface area contributed by atoms with Crippen LogP contribution in [0.5, 0.6) is 0 Å². The first kappa shape index (κ1) is 23.2. The van der Waals surface area contributed by atoms with Crippen LogP contribution >= 0.6 is 11.6 Å². The van der Waals surface area contributed by atoms with Gasteiger partial charge in [-0.05, 0) is 61.0 Å². The molecule has 166 valence electrons. The average molecular weight is 476 g/mol. The van der Waals surface area contributed by atoms with Gasteiger partial charge in [0.1, 0.15) is 5.82 Å². The van der Waals surface area contributed by atoms with E-state index in [4.69, 9.17) is 11.6 Å². The number of sulfonamides is 1. The fraction of sp³-hybridized carbons (Fsp3) is 0.0909. The van der Waals surface area contributed by atoms with Crippen LogP contribution in [-0.4, -0.2) is 20.2 Å². The van der Waals surface area contributed by atoms with Crippen molar-refractivity contribution in [2.45, 2.75) is 18.7 Å². The van der Waals surface area contributed by atoms with Crippen LogP contribution < -0.4 is 15.4 Å². The summed E-state index contributed by atoms with van der Waals surface area (Å²) in [6.45, 7) is 2.88. The van der Waals surface area contributed by atoms with Crippen molar-refractivity contribution in [2.24, 2.45) is 0 Å². The Hall–Kier alpha value is -3.43. The van der Waals surface area contributed by atoms with E-state index in [0.717, 1.165) is 6.07 Å². The zero-order valence-electron chi connectivity index (χ0n) is 17.1. The largest absolute Gasteiger partial charge is 0.326 e. The van der Waals surface area contributed by atoms with E-state index in [1.54, 1.807) is 6.07 Å². The maximum atomic E-state index is 13.8. The Labute approximate surface area is 189 Å². The normalized spacial score (nSPS) is 11.0. The Bertz CT molecular complexity index is 1310. The van der Waals surface area contributed by atoms with Gasteiger partial charge in [0, 0.05) is 23.9 Å². The van der Waals surface area contributed by atoms with E-state index in [2.05, 4.69) is 15.4 Å². The summed E-state index contributed by atoms with van der Waals surface area (Å²) in [6.07, 6.45) is 0. The van der Waals surface area contributed by atoms with Crippen molar-refractivity contribution in [1.82, 2.24) is 0 Å². The molecule has 3 aromatic carbocycles. The van der Waals surface area contributed by atoms with Crippen molar-refractivity contribution < 1.29 is 22.4 Å². The Kier molecular flexibility index (Phi) is 6.81. The van der Waals surface area contributed by atoms with Crippen LogP contribution in [0.3, 0.4) is 0 Å². The molecule has 32 heavy (non-hydrogen) atoms. The molecule has 0 aliphatic carbocycles. The fourth-order valence-electron chi connectivity index (χ4n) is 2.78. The molecule has 3 aromatic rings. The molecule has 2 amide bonds. The minimum Gasteiger partial charge on any atom is -0.326 e. The van der Waals surface area contributed by atoms with Crippen molar-refractivity contribution >= 4 is 50.5 Å². The number of hydrogen-bond acceptors (Lipinski definition) is 4. The van der Waals surface area contributed by atoms with Crippen LogP contribution in [0.2, 0.25) is 5.02 Å². The smallest absolute Gasteiger partial charge is 0.261 e. The van der Waals surface area contributed by atoms with Gasteiger partial charge in [-0.3, -0.25) is 14.3 Å². The minimum absolute atomic E-state index is 0.122. The number of hydrogen-bond donors (Lipinski definition) is 3. The van der Waals surface area contributed by atoms with E-state index in [9.17, 15) is 22.4 Å². The van der Waals surface area contributed by atoms with Gasteiger partial charge in [0.2, 0.25) is 5.91 Å². The summed E-state index contributed by atoms with van der Waals surface area (Å²) >= 11 is 6.12. The number of aryl methyl sites for hydroxylation is 1. The highest BCUT2D eigenvalue weighted by atomic mass is 35.5. The van der Waals surface area contributed by atoms with Gasteiger partial charge in [-0.2, -0.15) is 0 Å². The van der Waals surface area contributed by atoms with E-state index < -0.39 is 21.7 Å². The van der Waals surface area contributed by atoms with E-state index in [-0.39, 0.29) is 32.8 Å². The van der Waals surface area contributed by atoms with Crippen LogP contribution in [-0.2, 0) is 14.8 Å². The summed E-state index contributed by atoms with van der Waals surface area (Å²) in [5.41, 5.74) is 1.31. The molecule has 0 saturated heterocycles. The third-order valence-electron chi connectivity index (χ3n) is 4.37.